The lowest BCUT2D eigenvalue weighted by molar-refractivity contribution is 0.102. The topological polar surface area (TPSA) is 68.0 Å². The van der Waals surface area contributed by atoms with Crippen molar-refractivity contribution < 1.29 is 4.79 Å². The smallest absolute Gasteiger partial charge is 0.274 e. The number of hydrogen-bond donors (Lipinski definition) is 2. The number of benzene rings is 1. The van der Waals surface area contributed by atoms with Gasteiger partial charge in [-0.3, -0.25) is 4.79 Å². The van der Waals surface area contributed by atoms with Crippen LogP contribution in [0.3, 0.4) is 0 Å². The Hall–Kier alpha value is -1.98. The van der Waals surface area contributed by atoms with E-state index in [1.165, 1.54) is 6.20 Å². The van der Waals surface area contributed by atoms with Gasteiger partial charge in [-0.1, -0.05) is 36.0 Å². The monoisotopic (exact) mass is 305 g/mol. The van der Waals surface area contributed by atoms with Crippen LogP contribution in [0.5, 0.6) is 0 Å². The van der Waals surface area contributed by atoms with E-state index < -0.39 is 0 Å². The molecule has 0 saturated carbocycles. The minimum atomic E-state index is -0.315. The van der Waals surface area contributed by atoms with Crippen LogP contribution in [-0.4, -0.2) is 15.9 Å². The third kappa shape index (κ3) is 3.31. The van der Waals surface area contributed by atoms with Crippen molar-refractivity contribution in [1.29, 1.82) is 0 Å². The van der Waals surface area contributed by atoms with Crippen LogP contribution < -0.4 is 11.1 Å². The summed E-state index contributed by atoms with van der Waals surface area (Å²) in [6.07, 6.45) is 1.43. The number of nitrogens with two attached hydrogens (primary N) is 1. The molecule has 0 fully saturated rings. The second kappa shape index (κ2) is 5.98. The second-order valence-corrected chi connectivity index (χ2v) is 5.09. The molecule has 0 spiro atoms. The molecule has 0 saturated heterocycles. The number of nitrogens with zero attached hydrogens (tertiary/aromatic N) is 1. The molecule has 0 aliphatic carbocycles. The van der Waals surface area contributed by atoms with Gasteiger partial charge in [0.15, 0.2) is 0 Å². The highest BCUT2D eigenvalue weighted by Crippen LogP contribution is 2.18. The first-order valence-corrected chi connectivity index (χ1v) is 6.59. The Morgan fingerprint density at radius 1 is 1.35 bits per heavy atom. The lowest BCUT2D eigenvalue weighted by Gasteiger charge is -2.10. The van der Waals surface area contributed by atoms with Crippen LogP contribution in [-0.2, 0) is 0 Å². The first kappa shape index (κ1) is 14.4. The summed E-state index contributed by atoms with van der Waals surface area (Å²) in [4.78, 5) is 16.3. The maximum atomic E-state index is 12.1. The van der Waals surface area contributed by atoms with Crippen molar-refractivity contribution in [2.75, 3.05) is 5.32 Å². The molecule has 1 aromatic carbocycles. The standard InChI is InChI=1S/C14H12ClN3OS/c1-8-2-3-9(13(16)20)6-12(8)18-14(19)11-5-4-10(15)7-17-11/h2-7H,1H3,(H2,16,20)(H,18,19). The first-order chi connectivity index (χ1) is 9.47. The van der Waals surface area contributed by atoms with Gasteiger partial charge in [0.1, 0.15) is 10.7 Å². The number of aromatic nitrogens is 1. The number of amides is 1. The fraction of sp³-hybridized carbons (Fsp3) is 0.0714. The zero-order valence-corrected chi connectivity index (χ0v) is 12.3. The van der Waals surface area contributed by atoms with Gasteiger partial charge < -0.3 is 11.1 Å². The number of carbonyl (C=O) groups is 1. The minimum absolute atomic E-state index is 0.283. The number of nitrogens with one attached hydrogen (secondary N) is 1. The number of hydrogen-bond acceptors (Lipinski definition) is 3. The highest BCUT2D eigenvalue weighted by Gasteiger charge is 2.10. The molecule has 6 heteroatoms. The number of aryl methyl sites for hydroxylation is 1. The third-order valence-corrected chi connectivity index (χ3v) is 3.19. The molecule has 20 heavy (non-hydrogen) atoms. The van der Waals surface area contributed by atoms with Gasteiger partial charge in [-0.25, -0.2) is 4.98 Å². The van der Waals surface area contributed by atoms with E-state index in [-0.39, 0.29) is 16.6 Å². The van der Waals surface area contributed by atoms with Crippen LogP contribution in [0.1, 0.15) is 21.6 Å². The molecule has 1 heterocycles. The number of thiocarbonyl (C=S) groups is 1. The SMILES string of the molecule is Cc1ccc(C(N)=S)cc1NC(=O)c1ccc(Cl)cn1. The molecule has 0 radical (unpaired) electrons. The second-order valence-electron chi connectivity index (χ2n) is 4.21. The molecule has 3 N–H and O–H groups in total. The van der Waals surface area contributed by atoms with E-state index in [0.29, 0.717) is 16.3 Å². The van der Waals surface area contributed by atoms with Crippen LogP contribution >= 0.6 is 23.8 Å². The largest absolute Gasteiger partial charge is 0.389 e. The van der Waals surface area contributed by atoms with Crippen molar-refractivity contribution in [3.05, 3.63) is 58.4 Å². The molecule has 2 rings (SSSR count). The highest BCUT2D eigenvalue weighted by molar-refractivity contribution is 7.80. The molecule has 4 nitrogen and oxygen atoms in total. The summed E-state index contributed by atoms with van der Waals surface area (Å²) in [6.45, 7) is 1.88. The summed E-state index contributed by atoms with van der Waals surface area (Å²) in [6, 6.07) is 8.57. The van der Waals surface area contributed by atoms with E-state index >= 15 is 0 Å². The summed E-state index contributed by atoms with van der Waals surface area (Å²) in [7, 11) is 0. The van der Waals surface area contributed by atoms with E-state index in [1.807, 2.05) is 19.1 Å². The quantitative estimate of drug-likeness (QED) is 0.856. The van der Waals surface area contributed by atoms with Crippen molar-refractivity contribution in [2.45, 2.75) is 6.92 Å². The predicted molar refractivity (Wildman–Crippen MR) is 84.3 cm³/mol. The van der Waals surface area contributed by atoms with E-state index in [4.69, 9.17) is 29.6 Å². The van der Waals surface area contributed by atoms with Crippen molar-refractivity contribution in [2.24, 2.45) is 5.73 Å². The number of rotatable bonds is 3. The first-order valence-electron chi connectivity index (χ1n) is 5.81. The van der Waals surface area contributed by atoms with E-state index in [0.717, 1.165) is 5.56 Å². The van der Waals surface area contributed by atoms with Gasteiger partial charge in [-0.2, -0.15) is 0 Å². The molecular weight excluding hydrogens is 294 g/mol. The minimum Gasteiger partial charge on any atom is -0.389 e. The van der Waals surface area contributed by atoms with Gasteiger partial charge in [-0.15, -0.1) is 0 Å². The van der Waals surface area contributed by atoms with Crippen molar-refractivity contribution in [3.8, 4) is 0 Å². The van der Waals surface area contributed by atoms with E-state index in [1.54, 1.807) is 18.2 Å². The van der Waals surface area contributed by atoms with Crippen molar-refractivity contribution in [1.82, 2.24) is 4.98 Å². The summed E-state index contributed by atoms with van der Waals surface area (Å²) in [5.41, 5.74) is 8.13. The lowest BCUT2D eigenvalue weighted by Crippen LogP contribution is -2.16. The maximum absolute atomic E-state index is 12.1. The summed E-state index contributed by atoms with van der Waals surface area (Å²) in [5, 5.41) is 3.26. The van der Waals surface area contributed by atoms with Gasteiger partial charge in [-0.05, 0) is 30.7 Å². The average molecular weight is 306 g/mol. The average Bonchev–Trinajstić information content (AvgIpc) is 2.41. The summed E-state index contributed by atoms with van der Waals surface area (Å²) < 4.78 is 0. The molecule has 2 aromatic rings. The molecule has 0 aliphatic rings. The Morgan fingerprint density at radius 2 is 2.10 bits per heavy atom. The molecule has 102 valence electrons. The van der Waals surface area contributed by atoms with E-state index in [9.17, 15) is 4.79 Å². The Kier molecular flexibility index (Phi) is 4.32. The van der Waals surface area contributed by atoms with Crippen molar-refractivity contribution in [3.63, 3.8) is 0 Å². The number of carbonyl (C=O) groups excluding carboxylic acids is 1. The fourth-order valence-electron chi connectivity index (χ4n) is 1.61. The number of pyridine rings is 1. The van der Waals surface area contributed by atoms with Crippen LogP contribution in [0.15, 0.2) is 36.5 Å². The number of halogens is 1. The normalized spacial score (nSPS) is 10.1. The Bertz CT molecular complexity index is 671. The molecule has 0 unspecified atom stereocenters. The van der Waals surface area contributed by atoms with Gasteiger partial charge in [0.2, 0.25) is 0 Å². The third-order valence-electron chi connectivity index (χ3n) is 2.73. The van der Waals surface area contributed by atoms with Crippen LogP contribution in [0.25, 0.3) is 0 Å². The maximum Gasteiger partial charge on any atom is 0.274 e. The Morgan fingerprint density at radius 3 is 2.70 bits per heavy atom. The van der Waals surface area contributed by atoms with Gasteiger partial charge in [0, 0.05) is 17.4 Å². The number of anilines is 1. The molecule has 0 aliphatic heterocycles. The van der Waals surface area contributed by atoms with Crippen molar-refractivity contribution >= 4 is 40.4 Å². The summed E-state index contributed by atoms with van der Waals surface area (Å²) in [5.74, 6) is -0.315. The summed E-state index contributed by atoms with van der Waals surface area (Å²) >= 11 is 10.7. The molecule has 1 amide bonds. The van der Waals surface area contributed by atoms with Gasteiger partial charge in [0.25, 0.3) is 5.91 Å². The molecule has 0 atom stereocenters. The van der Waals surface area contributed by atoms with Gasteiger partial charge in [0.05, 0.1) is 5.02 Å². The Balaban J connectivity index is 2.25. The molecule has 1 aromatic heterocycles. The molecule has 0 bridgehead atoms. The fourth-order valence-corrected chi connectivity index (χ4v) is 1.85. The lowest BCUT2D eigenvalue weighted by atomic mass is 10.1. The van der Waals surface area contributed by atoms with Crippen LogP contribution in [0.2, 0.25) is 5.02 Å². The highest BCUT2D eigenvalue weighted by atomic mass is 35.5. The zero-order chi connectivity index (χ0) is 14.7. The van der Waals surface area contributed by atoms with E-state index in [2.05, 4.69) is 10.3 Å². The van der Waals surface area contributed by atoms with Gasteiger partial charge >= 0.3 is 0 Å². The molecular formula is C14H12ClN3OS. The van der Waals surface area contributed by atoms with Crippen LogP contribution in [0.4, 0.5) is 5.69 Å². The Labute approximate surface area is 127 Å². The van der Waals surface area contributed by atoms with Crippen LogP contribution in [0, 0.1) is 6.92 Å². The predicted octanol–water partition coefficient (Wildman–Crippen LogP) is 2.93. The zero-order valence-electron chi connectivity index (χ0n) is 10.7.